The van der Waals surface area contributed by atoms with Crippen LogP contribution in [-0.4, -0.2) is 11.6 Å². The number of allylic oxidation sites excluding steroid dienone is 12. The molecule has 0 saturated carbocycles. The molecule has 0 radical (unpaired) electrons. The van der Waals surface area contributed by atoms with Crippen LogP contribution in [0.1, 0.15) is 79.6 Å². The Morgan fingerprint density at radius 2 is 1.21 bits per heavy atom. The highest BCUT2D eigenvalue weighted by Crippen LogP contribution is 2.16. The summed E-state index contributed by atoms with van der Waals surface area (Å²) in [6.45, 7) is 10.8. The second-order valence-electron chi connectivity index (χ2n) is 8.02. The maximum absolute atomic E-state index is 11.7. The Kier molecular flexibility index (Phi) is 11.1. The maximum atomic E-state index is 11.7. The van der Waals surface area contributed by atoms with E-state index in [0.29, 0.717) is 12.0 Å². The fraction of sp³-hybridized carbons (Fsp3) is 0.462. The summed E-state index contributed by atoms with van der Waals surface area (Å²) in [5.41, 5.74) is 6.15. The van der Waals surface area contributed by atoms with Gasteiger partial charge in [-0.05, 0) is 97.8 Å². The molecule has 0 aliphatic heterocycles. The molecule has 0 aromatic carbocycles. The van der Waals surface area contributed by atoms with E-state index in [4.69, 9.17) is 0 Å². The van der Waals surface area contributed by atoms with Crippen LogP contribution >= 0.6 is 0 Å². The molecule has 0 saturated heterocycles. The molecule has 1 aliphatic carbocycles. The second kappa shape index (κ2) is 13.0. The largest absolute Gasteiger partial charge is 0.290 e. The van der Waals surface area contributed by atoms with Gasteiger partial charge >= 0.3 is 0 Å². The molecule has 0 atom stereocenters. The van der Waals surface area contributed by atoms with Gasteiger partial charge in [0.15, 0.2) is 11.6 Å². The van der Waals surface area contributed by atoms with Crippen LogP contribution in [0.15, 0.2) is 70.4 Å². The third kappa shape index (κ3) is 10.8. The quantitative estimate of drug-likeness (QED) is 0.281. The predicted octanol–water partition coefficient (Wildman–Crippen LogP) is 7.16. The van der Waals surface area contributed by atoms with Crippen LogP contribution in [0.2, 0.25) is 0 Å². The van der Waals surface area contributed by atoms with E-state index in [9.17, 15) is 9.59 Å². The average molecular weight is 381 g/mol. The zero-order chi connectivity index (χ0) is 20.9. The Labute approximate surface area is 171 Å². The molecule has 0 fully saturated rings. The van der Waals surface area contributed by atoms with E-state index >= 15 is 0 Å². The minimum Gasteiger partial charge on any atom is -0.290 e. The molecule has 0 heterocycles. The first-order valence-electron chi connectivity index (χ1n) is 10.3. The topological polar surface area (TPSA) is 34.1 Å². The Morgan fingerprint density at radius 1 is 0.714 bits per heavy atom. The monoisotopic (exact) mass is 380 g/mol. The van der Waals surface area contributed by atoms with Gasteiger partial charge in [-0.1, -0.05) is 46.6 Å². The maximum Gasteiger partial charge on any atom is 0.182 e. The molecule has 0 unspecified atom stereocenters. The van der Waals surface area contributed by atoms with Crippen molar-refractivity contribution in [2.45, 2.75) is 79.6 Å². The molecule has 1 rings (SSSR count). The molecule has 0 bridgehead atoms. The SMILES string of the molecule is CC(C)=CCC/C(C)=C/CC/C(C)=C/CC/C(C)=C/CC1=CC(=O)C=CC1=O. The number of carbonyl (C=O) groups is 2. The van der Waals surface area contributed by atoms with Crippen molar-refractivity contribution in [1.82, 2.24) is 0 Å². The fourth-order valence-electron chi connectivity index (χ4n) is 2.99. The van der Waals surface area contributed by atoms with E-state index in [1.54, 1.807) is 0 Å². The molecule has 2 heteroatoms. The van der Waals surface area contributed by atoms with E-state index in [0.717, 1.165) is 38.5 Å². The molecule has 28 heavy (non-hydrogen) atoms. The van der Waals surface area contributed by atoms with Crippen LogP contribution in [0, 0.1) is 0 Å². The average Bonchev–Trinajstić information content (AvgIpc) is 2.62. The highest BCUT2D eigenvalue weighted by molar-refractivity contribution is 6.17. The lowest BCUT2D eigenvalue weighted by Crippen LogP contribution is -2.06. The summed E-state index contributed by atoms with van der Waals surface area (Å²) in [6.07, 6.45) is 20.2. The molecule has 0 N–H and O–H groups in total. The molecule has 0 amide bonds. The van der Waals surface area contributed by atoms with E-state index < -0.39 is 0 Å². The van der Waals surface area contributed by atoms with E-state index in [1.165, 1.54) is 40.5 Å². The number of ketones is 2. The van der Waals surface area contributed by atoms with Gasteiger partial charge in [-0.2, -0.15) is 0 Å². The smallest absolute Gasteiger partial charge is 0.182 e. The molecule has 1 aliphatic rings. The zero-order valence-electron chi connectivity index (χ0n) is 18.3. The van der Waals surface area contributed by atoms with Gasteiger partial charge < -0.3 is 0 Å². The normalized spacial score (nSPS) is 15.8. The first-order chi connectivity index (χ1) is 13.3. The van der Waals surface area contributed by atoms with Crippen LogP contribution in [-0.2, 0) is 9.59 Å². The van der Waals surface area contributed by atoms with Crippen molar-refractivity contribution in [3.8, 4) is 0 Å². The molecule has 0 spiro atoms. The molecule has 0 aromatic heterocycles. The number of hydrogen-bond acceptors (Lipinski definition) is 2. The van der Waals surface area contributed by atoms with Crippen molar-refractivity contribution in [2.24, 2.45) is 0 Å². The van der Waals surface area contributed by atoms with Crippen LogP contribution in [0.3, 0.4) is 0 Å². The minimum atomic E-state index is -0.0968. The van der Waals surface area contributed by atoms with Crippen LogP contribution in [0.5, 0.6) is 0 Å². The van der Waals surface area contributed by atoms with Crippen LogP contribution < -0.4 is 0 Å². The highest BCUT2D eigenvalue weighted by atomic mass is 16.1. The molecular weight excluding hydrogens is 344 g/mol. The molecule has 152 valence electrons. The van der Waals surface area contributed by atoms with Crippen molar-refractivity contribution in [3.05, 3.63) is 70.4 Å². The lowest BCUT2D eigenvalue weighted by Gasteiger charge is -2.05. The predicted molar refractivity (Wildman–Crippen MR) is 120 cm³/mol. The van der Waals surface area contributed by atoms with Gasteiger partial charge in [-0.3, -0.25) is 9.59 Å². The van der Waals surface area contributed by atoms with Crippen molar-refractivity contribution in [1.29, 1.82) is 0 Å². The third-order valence-corrected chi connectivity index (χ3v) is 4.86. The first-order valence-corrected chi connectivity index (χ1v) is 10.3. The lowest BCUT2D eigenvalue weighted by molar-refractivity contribution is -0.114. The summed E-state index contributed by atoms with van der Waals surface area (Å²) in [4.78, 5) is 23.1. The highest BCUT2D eigenvalue weighted by Gasteiger charge is 2.11. The standard InChI is InChI=1S/C26H36O2/c1-20(2)9-6-10-21(3)11-7-12-22(4)13-8-14-23(5)15-16-24-19-25(27)17-18-26(24)28/h9,11,13,15,17-19H,6-8,10,12,14,16H2,1-5H3/b21-11+,22-13+,23-15+. The van der Waals surface area contributed by atoms with Crippen molar-refractivity contribution in [3.63, 3.8) is 0 Å². The lowest BCUT2D eigenvalue weighted by atomic mass is 9.98. The summed E-state index contributed by atoms with van der Waals surface area (Å²) in [5, 5.41) is 0. The van der Waals surface area contributed by atoms with Crippen molar-refractivity contribution in [2.75, 3.05) is 0 Å². The van der Waals surface area contributed by atoms with E-state index in [1.807, 2.05) is 0 Å². The third-order valence-electron chi connectivity index (χ3n) is 4.86. The summed E-state index contributed by atoms with van der Waals surface area (Å²) in [6, 6.07) is 0. The van der Waals surface area contributed by atoms with Gasteiger partial charge in [0.1, 0.15) is 0 Å². The van der Waals surface area contributed by atoms with E-state index in [2.05, 4.69) is 58.9 Å². The van der Waals surface area contributed by atoms with Gasteiger partial charge in [0, 0.05) is 5.57 Å². The van der Waals surface area contributed by atoms with Gasteiger partial charge in [-0.25, -0.2) is 0 Å². The molecular formula is C26H36O2. The Balaban J connectivity index is 2.32. The number of rotatable bonds is 11. The molecule has 0 aromatic rings. The van der Waals surface area contributed by atoms with Gasteiger partial charge in [-0.15, -0.1) is 0 Å². The van der Waals surface area contributed by atoms with Crippen molar-refractivity contribution >= 4 is 11.6 Å². The minimum absolute atomic E-state index is 0.0522. The second-order valence-corrected chi connectivity index (χ2v) is 8.02. The summed E-state index contributed by atoms with van der Waals surface area (Å²) < 4.78 is 0. The van der Waals surface area contributed by atoms with E-state index in [-0.39, 0.29) is 11.6 Å². The summed E-state index contributed by atoms with van der Waals surface area (Å²) in [5.74, 6) is -0.149. The summed E-state index contributed by atoms with van der Waals surface area (Å²) in [7, 11) is 0. The first kappa shape index (κ1) is 23.8. The van der Waals surface area contributed by atoms with Gasteiger partial charge in [0.25, 0.3) is 0 Å². The fourth-order valence-corrected chi connectivity index (χ4v) is 2.99. The zero-order valence-corrected chi connectivity index (χ0v) is 18.3. The summed E-state index contributed by atoms with van der Waals surface area (Å²) >= 11 is 0. The van der Waals surface area contributed by atoms with Crippen molar-refractivity contribution < 1.29 is 9.59 Å². The number of carbonyl (C=O) groups excluding carboxylic acids is 2. The Hall–Kier alpha value is -2.22. The van der Waals surface area contributed by atoms with Gasteiger partial charge in [0.05, 0.1) is 0 Å². The van der Waals surface area contributed by atoms with Crippen LogP contribution in [0.4, 0.5) is 0 Å². The molecule has 2 nitrogen and oxygen atoms in total. The Morgan fingerprint density at radius 3 is 1.75 bits per heavy atom. The number of hydrogen-bond donors (Lipinski definition) is 0. The van der Waals surface area contributed by atoms with Crippen LogP contribution in [0.25, 0.3) is 0 Å². The van der Waals surface area contributed by atoms with Gasteiger partial charge in [0.2, 0.25) is 0 Å². The Bertz CT molecular complexity index is 732.